The fourth-order valence-electron chi connectivity index (χ4n) is 1.73. The van der Waals surface area contributed by atoms with Gasteiger partial charge < -0.3 is 10.6 Å². The molecule has 0 aliphatic heterocycles. The van der Waals surface area contributed by atoms with Crippen molar-refractivity contribution in [3.8, 4) is 0 Å². The number of carbonyl (C=O) groups is 2. The first kappa shape index (κ1) is 15.2. The maximum absolute atomic E-state index is 13.5. The molecule has 6 heteroatoms. The van der Waals surface area contributed by atoms with Gasteiger partial charge in [0.25, 0.3) is 5.91 Å². The van der Waals surface area contributed by atoms with E-state index in [0.717, 1.165) is 5.56 Å². The topological polar surface area (TPSA) is 58.2 Å². The third kappa shape index (κ3) is 4.39. The summed E-state index contributed by atoms with van der Waals surface area (Å²) in [5.74, 6) is -1.04. The first-order valence-electron chi connectivity index (χ1n) is 6.42. The van der Waals surface area contributed by atoms with Crippen molar-refractivity contribution >= 4 is 28.8 Å². The summed E-state index contributed by atoms with van der Waals surface area (Å²) in [6.07, 6.45) is 0.0866. The minimum absolute atomic E-state index is 0.0866. The van der Waals surface area contributed by atoms with Crippen LogP contribution in [0.3, 0.4) is 0 Å². The molecule has 110 valence electrons. The summed E-state index contributed by atoms with van der Waals surface area (Å²) in [5.41, 5.74) is 1.59. The molecular formula is C15H15FN2O2S. The predicted molar refractivity (Wildman–Crippen MR) is 81.0 cm³/mol. The van der Waals surface area contributed by atoms with Crippen LogP contribution in [-0.2, 0) is 4.79 Å². The second-order valence-electron chi connectivity index (χ2n) is 4.55. The Balaban J connectivity index is 1.80. The van der Waals surface area contributed by atoms with E-state index in [1.807, 2.05) is 12.3 Å². The molecule has 0 unspecified atom stereocenters. The molecule has 0 bridgehead atoms. The van der Waals surface area contributed by atoms with Gasteiger partial charge in [-0.15, -0.1) is 0 Å². The zero-order chi connectivity index (χ0) is 15.2. The highest BCUT2D eigenvalue weighted by Gasteiger charge is 2.09. The van der Waals surface area contributed by atoms with Crippen molar-refractivity contribution in [3.05, 3.63) is 52.0 Å². The van der Waals surface area contributed by atoms with Crippen molar-refractivity contribution in [1.29, 1.82) is 0 Å². The molecule has 0 fully saturated rings. The first-order chi connectivity index (χ1) is 10.1. The van der Waals surface area contributed by atoms with Crippen LogP contribution in [0.25, 0.3) is 0 Å². The van der Waals surface area contributed by atoms with Crippen molar-refractivity contribution in [3.63, 3.8) is 0 Å². The highest BCUT2D eigenvalue weighted by Crippen LogP contribution is 2.15. The molecule has 2 aromatic rings. The molecule has 0 spiro atoms. The van der Waals surface area contributed by atoms with Gasteiger partial charge in [-0.1, -0.05) is 6.07 Å². The van der Waals surface area contributed by atoms with Crippen LogP contribution in [0.5, 0.6) is 0 Å². The van der Waals surface area contributed by atoms with Crippen LogP contribution in [0.1, 0.15) is 22.3 Å². The number of halogens is 1. The van der Waals surface area contributed by atoms with Gasteiger partial charge in [-0.05, 0) is 36.1 Å². The van der Waals surface area contributed by atoms with Gasteiger partial charge in [0.05, 0.1) is 5.69 Å². The Morgan fingerprint density at radius 2 is 2.10 bits per heavy atom. The maximum Gasteiger partial charge on any atom is 0.252 e. The minimum Gasteiger partial charge on any atom is -0.351 e. The average molecular weight is 306 g/mol. The number of amides is 2. The van der Waals surface area contributed by atoms with Gasteiger partial charge in [0, 0.05) is 23.9 Å². The number of anilines is 1. The summed E-state index contributed by atoms with van der Waals surface area (Å²) in [6, 6.07) is 6.22. The van der Waals surface area contributed by atoms with Crippen LogP contribution in [0, 0.1) is 12.7 Å². The molecule has 0 aliphatic rings. The van der Waals surface area contributed by atoms with Crippen LogP contribution in [0.4, 0.5) is 10.1 Å². The normalized spacial score (nSPS) is 10.2. The van der Waals surface area contributed by atoms with E-state index in [0.29, 0.717) is 5.56 Å². The minimum atomic E-state index is -0.476. The Labute approximate surface area is 126 Å². The van der Waals surface area contributed by atoms with E-state index in [4.69, 9.17) is 0 Å². The van der Waals surface area contributed by atoms with Gasteiger partial charge in [-0.25, -0.2) is 4.39 Å². The quantitative estimate of drug-likeness (QED) is 0.892. The van der Waals surface area contributed by atoms with Crippen LogP contribution >= 0.6 is 11.3 Å². The van der Waals surface area contributed by atoms with Gasteiger partial charge in [0.15, 0.2) is 0 Å². The number of carbonyl (C=O) groups excluding carboxylic acids is 2. The van der Waals surface area contributed by atoms with E-state index in [2.05, 4.69) is 10.6 Å². The van der Waals surface area contributed by atoms with Gasteiger partial charge >= 0.3 is 0 Å². The molecule has 4 nitrogen and oxygen atoms in total. The van der Waals surface area contributed by atoms with Crippen molar-refractivity contribution in [2.24, 2.45) is 0 Å². The summed E-state index contributed by atoms with van der Waals surface area (Å²) < 4.78 is 13.5. The van der Waals surface area contributed by atoms with Crippen LogP contribution < -0.4 is 10.6 Å². The lowest BCUT2D eigenvalue weighted by molar-refractivity contribution is -0.116. The maximum atomic E-state index is 13.5. The van der Waals surface area contributed by atoms with Gasteiger partial charge in [0.1, 0.15) is 5.82 Å². The van der Waals surface area contributed by atoms with E-state index < -0.39 is 5.82 Å². The molecule has 0 atom stereocenters. The largest absolute Gasteiger partial charge is 0.351 e. The van der Waals surface area contributed by atoms with E-state index in [9.17, 15) is 14.0 Å². The molecule has 2 N–H and O–H groups in total. The molecule has 0 saturated carbocycles. The molecule has 0 saturated heterocycles. The lowest BCUT2D eigenvalue weighted by Gasteiger charge is -2.08. The number of rotatable bonds is 5. The second kappa shape index (κ2) is 6.99. The fourth-order valence-corrected chi connectivity index (χ4v) is 2.37. The number of nitrogens with one attached hydrogen (secondary N) is 2. The smallest absolute Gasteiger partial charge is 0.252 e. The number of aryl methyl sites for hydroxylation is 1. The Morgan fingerprint density at radius 3 is 2.81 bits per heavy atom. The van der Waals surface area contributed by atoms with E-state index in [1.165, 1.54) is 17.4 Å². The zero-order valence-corrected chi connectivity index (χ0v) is 12.3. The molecule has 2 amide bonds. The third-order valence-electron chi connectivity index (χ3n) is 2.82. The Bertz CT molecular complexity index is 641. The first-order valence-corrected chi connectivity index (χ1v) is 7.37. The lowest BCUT2D eigenvalue weighted by Crippen LogP contribution is -2.27. The van der Waals surface area contributed by atoms with Gasteiger partial charge in [-0.3, -0.25) is 9.59 Å². The van der Waals surface area contributed by atoms with Gasteiger partial charge in [-0.2, -0.15) is 11.3 Å². The Kier molecular flexibility index (Phi) is 5.05. The summed E-state index contributed by atoms with van der Waals surface area (Å²) >= 11 is 1.43. The standard InChI is InChI=1S/C15H15FN2O2S/c1-10-2-3-12(16)13(8-10)18-14(19)4-6-17-15(20)11-5-7-21-9-11/h2-3,5,7-9H,4,6H2,1H3,(H,17,20)(H,18,19). The van der Waals surface area contributed by atoms with E-state index >= 15 is 0 Å². The lowest BCUT2D eigenvalue weighted by atomic mass is 10.2. The molecule has 0 aliphatic carbocycles. The molecule has 1 aromatic heterocycles. The molecule has 21 heavy (non-hydrogen) atoms. The molecular weight excluding hydrogens is 291 g/mol. The number of thiophene rings is 1. The summed E-state index contributed by atoms with van der Waals surface area (Å²) in [4.78, 5) is 23.4. The highest BCUT2D eigenvalue weighted by molar-refractivity contribution is 7.08. The summed E-state index contributed by atoms with van der Waals surface area (Å²) in [7, 11) is 0. The van der Waals surface area contributed by atoms with Crippen molar-refractivity contribution in [2.45, 2.75) is 13.3 Å². The van der Waals surface area contributed by atoms with Crippen molar-refractivity contribution in [1.82, 2.24) is 5.32 Å². The number of hydrogen-bond donors (Lipinski definition) is 2. The molecule has 1 heterocycles. The molecule has 0 radical (unpaired) electrons. The molecule has 2 rings (SSSR count). The summed E-state index contributed by atoms with van der Waals surface area (Å²) in [5, 5.41) is 8.68. The van der Waals surface area contributed by atoms with Crippen molar-refractivity contribution < 1.29 is 14.0 Å². The SMILES string of the molecule is Cc1ccc(F)c(NC(=O)CCNC(=O)c2ccsc2)c1. The molecule has 1 aromatic carbocycles. The Morgan fingerprint density at radius 1 is 1.29 bits per heavy atom. The zero-order valence-electron chi connectivity index (χ0n) is 11.5. The van der Waals surface area contributed by atoms with E-state index in [1.54, 1.807) is 23.6 Å². The second-order valence-corrected chi connectivity index (χ2v) is 5.33. The highest BCUT2D eigenvalue weighted by atomic mass is 32.1. The predicted octanol–water partition coefficient (Wildman–Crippen LogP) is 2.95. The number of hydrogen-bond acceptors (Lipinski definition) is 3. The monoisotopic (exact) mass is 306 g/mol. The van der Waals surface area contributed by atoms with Crippen molar-refractivity contribution in [2.75, 3.05) is 11.9 Å². The Hall–Kier alpha value is -2.21. The van der Waals surface area contributed by atoms with Gasteiger partial charge in [0.2, 0.25) is 5.91 Å². The number of benzene rings is 1. The van der Waals surface area contributed by atoms with E-state index in [-0.39, 0.29) is 30.5 Å². The third-order valence-corrected chi connectivity index (χ3v) is 3.50. The van der Waals surface area contributed by atoms with Crippen LogP contribution in [0.2, 0.25) is 0 Å². The van der Waals surface area contributed by atoms with Crippen LogP contribution in [-0.4, -0.2) is 18.4 Å². The average Bonchev–Trinajstić information content (AvgIpc) is 2.97. The van der Waals surface area contributed by atoms with Crippen LogP contribution in [0.15, 0.2) is 35.0 Å². The summed E-state index contributed by atoms with van der Waals surface area (Å²) in [6.45, 7) is 2.02. The fraction of sp³-hybridized carbons (Fsp3) is 0.200.